The first-order valence-electron chi connectivity index (χ1n) is 10.8. The molecule has 0 amide bonds. The number of nitrogens with zero attached hydrogens (tertiary/aromatic N) is 1. The van der Waals surface area contributed by atoms with Crippen LogP contribution in [0.4, 0.5) is 17.1 Å². The Kier molecular flexibility index (Phi) is 4.78. The fraction of sp³-hybridized carbons (Fsp3) is 0.400. The Morgan fingerprint density at radius 3 is 2.40 bits per heavy atom. The number of ketones is 1. The maximum absolute atomic E-state index is 13.3. The van der Waals surface area contributed by atoms with Crippen LogP contribution >= 0.6 is 0 Å². The number of hydrogen-bond donors (Lipinski definition) is 2. The first kappa shape index (κ1) is 19.2. The standard InChI is InChI=1S/C25H29N3O2/c1-25(2)15-21-23(22(29)16-25)24(27-20-6-4-3-5-19(20)26-21)17-7-9-18(10-8-17)28-11-13-30-14-12-28/h3-10,24,26-27H,11-16H2,1-2H3. The molecule has 2 aromatic rings. The number of ether oxygens (including phenoxy) is 1. The molecule has 1 unspecified atom stereocenters. The van der Waals surface area contributed by atoms with Gasteiger partial charge < -0.3 is 20.3 Å². The lowest BCUT2D eigenvalue weighted by Crippen LogP contribution is -2.36. The van der Waals surface area contributed by atoms with E-state index in [2.05, 4.69) is 65.8 Å². The SMILES string of the molecule is CC1(C)CC(=O)C2=C(C1)Nc1ccccc1NC2c1ccc(N2CCOCC2)cc1. The molecular formula is C25H29N3O2. The molecule has 2 N–H and O–H groups in total. The van der Waals surface area contributed by atoms with Gasteiger partial charge in [-0.25, -0.2) is 0 Å². The van der Waals surface area contributed by atoms with Crippen LogP contribution in [0.25, 0.3) is 0 Å². The number of carbonyl (C=O) groups is 1. The second-order valence-electron chi connectivity index (χ2n) is 9.27. The van der Waals surface area contributed by atoms with Gasteiger partial charge in [-0.1, -0.05) is 38.1 Å². The van der Waals surface area contributed by atoms with E-state index in [0.29, 0.717) is 6.42 Å². The number of para-hydroxylation sites is 2. The number of anilines is 3. The first-order chi connectivity index (χ1) is 14.5. The van der Waals surface area contributed by atoms with Crippen molar-refractivity contribution in [2.45, 2.75) is 32.7 Å². The molecule has 5 nitrogen and oxygen atoms in total. The summed E-state index contributed by atoms with van der Waals surface area (Å²) in [5.74, 6) is 0.233. The molecule has 2 aromatic carbocycles. The molecule has 0 radical (unpaired) electrons. The van der Waals surface area contributed by atoms with E-state index >= 15 is 0 Å². The summed E-state index contributed by atoms with van der Waals surface area (Å²) in [5.41, 5.74) is 6.28. The molecule has 1 saturated heterocycles. The topological polar surface area (TPSA) is 53.6 Å². The van der Waals surface area contributed by atoms with E-state index in [0.717, 1.165) is 60.9 Å². The second kappa shape index (κ2) is 7.47. The average molecular weight is 404 g/mol. The highest BCUT2D eigenvalue weighted by Gasteiger charge is 2.38. The molecule has 1 fully saturated rings. The van der Waals surface area contributed by atoms with Gasteiger partial charge in [-0.15, -0.1) is 0 Å². The maximum atomic E-state index is 13.3. The van der Waals surface area contributed by atoms with Crippen molar-refractivity contribution in [1.29, 1.82) is 0 Å². The van der Waals surface area contributed by atoms with E-state index in [9.17, 15) is 4.79 Å². The lowest BCUT2D eigenvalue weighted by Gasteiger charge is -2.34. The number of nitrogens with one attached hydrogen (secondary N) is 2. The first-order valence-corrected chi connectivity index (χ1v) is 10.8. The summed E-state index contributed by atoms with van der Waals surface area (Å²) in [4.78, 5) is 15.6. The van der Waals surface area contributed by atoms with Crippen LogP contribution < -0.4 is 15.5 Å². The molecule has 2 heterocycles. The minimum atomic E-state index is -0.154. The minimum Gasteiger partial charge on any atom is -0.378 e. The lowest BCUT2D eigenvalue weighted by atomic mass is 9.73. The number of Topliss-reactive ketones (excluding diaryl/α,β-unsaturated/α-hetero) is 1. The summed E-state index contributed by atoms with van der Waals surface area (Å²) in [6.45, 7) is 7.73. The van der Waals surface area contributed by atoms with Crippen LogP contribution in [0.15, 0.2) is 59.8 Å². The number of rotatable bonds is 2. The molecule has 5 rings (SSSR count). The number of hydrogen-bond acceptors (Lipinski definition) is 5. The van der Waals surface area contributed by atoms with Crippen molar-refractivity contribution in [1.82, 2.24) is 0 Å². The smallest absolute Gasteiger partial charge is 0.163 e. The highest BCUT2D eigenvalue weighted by molar-refractivity contribution is 6.01. The fourth-order valence-corrected chi connectivity index (χ4v) is 4.84. The van der Waals surface area contributed by atoms with Crippen LogP contribution in [0.3, 0.4) is 0 Å². The summed E-state index contributed by atoms with van der Waals surface area (Å²) in [7, 11) is 0. The van der Waals surface area contributed by atoms with Crippen molar-refractivity contribution in [2.75, 3.05) is 41.8 Å². The number of fused-ring (bicyclic) bond motifs is 1. The van der Waals surface area contributed by atoms with Gasteiger partial charge in [-0.3, -0.25) is 4.79 Å². The van der Waals surface area contributed by atoms with Crippen LogP contribution in [0, 0.1) is 5.41 Å². The van der Waals surface area contributed by atoms with Gasteiger partial charge in [0, 0.05) is 36.5 Å². The molecule has 0 bridgehead atoms. The third-order valence-corrected chi connectivity index (χ3v) is 6.32. The highest BCUT2D eigenvalue weighted by atomic mass is 16.5. The average Bonchev–Trinajstić information content (AvgIpc) is 2.90. The Morgan fingerprint density at radius 1 is 0.967 bits per heavy atom. The van der Waals surface area contributed by atoms with Crippen LogP contribution in [0.5, 0.6) is 0 Å². The van der Waals surface area contributed by atoms with Crippen LogP contribution in [0.2, 0.25) is 0 Å². The quantitative estimate of drug-likeness (QED) is 0.758. The monoisotopic (exact) mass is 403 g/mol. The van der Waals surface area contributed by atoms with Gasteiger partial charge in [-0.05, 0) is 41.7 Å². The number of allylic oxidation sites excluding steroid dienone is 1. The van der Waals surface area contributed by atoms with Gasteiger partial charge >= 0.3 is 0 Å². The van der Waals surface area contributed by atoms with E-state index in [-0.39, 0.29) is 17.2 Å². The van der Waals surface area contributed by atoms with Gasteiger partial charge in [0.15, 0.2) is 5.78 Å². The molecule has 5 heteroatoms. The minimum absolute atomic E-state index is 0.0348. The van der Waals surface area contributed by atoms with Crippen LogP contribution in [-0.4, -0.2) is 32.1 Å². The van der Waals surface area contributed by atoms with Gasteiger partial charge in [0.25, 0.3) is 0 Å². The molecular weight excluding hydrogens is 374 g/mol. The zero-order chi connectivity index (χ0) is 20.7. The van der Waals surface area contributed by atoms with Gasteiger partial charge in [0.05, 0.1) is 30.6 Å². The van der Waals surface area contributed by atoms with E-state index in [1.54, 1.807) is 0 Å². The Hall–Kier alpha value is -2.79. The summed E-state index contributed by atoms with van der Waals surface area (Å²) >= 11 is 0. The highest BCUT2D eigenvalue weighted by Crippen LogP contribution is 2.45. The summed E-state index contributed by atoms with van der Waals surface area (Å²) in [5, 5.41) is 7.24. The normalized spacial score (nSPS) is 23.1. The van der Waals surface area contributed by atoms with Crippen molar-refractivity contribution in [2.24, 2.45) is 5.41 Å². The van der Waals surface area contributed by atoms with Crippen molar-refractivity contribution in [3.63, 3.8) is 0 Å². The fourth-order valence-electron chi connectivity index (χ4n) is 4.84. The van der Waals surface area contributed by atoms with E-state index < -0.39 is 0 Å². The molecule has 1 atom stereocenters. The number of morpholine rings is 1. The largest absolute Gasteiger partial charge is 0.378 e. The summed E-state index contributed by atoms with van der Waals surface area (Å²) < 4.78 is 5.47. The second-order valence-corrected chi connectivity index (χ2v) is 9.27. The Morgan fingerprint density at radius 2 is 1.67 bits per heavy atom. The summed E-state index contributed by atoms with van der Waals surface area (Å²) in [6, 6.07) is 16.7. The van der Waals surface area contributed by atoms with Crippen molar-refractivity contribution < 1.29 is 9.53 Å². The Balaban J connectivity index is 1.54. The molecule has 30 heavy (non-hydrogen) atoms. The Labute approximate surface area is 178 Å². The van der Waals surface area contributed by atoms with E-state index in [1.807, 2.05) is 12.1 Å². The van der Waals surface area contributed by atoms with E-state index in [1.165, 1.54) is 5.69 Å². The van der Waals surface area contributed by atoms with E-state index in [4.69, 9.17) is 4.74 Å². The lowest BCUT2D eigenvalue weighted by molar-refractivity contribution is -0.118. The predicted molar refractivity (Wildman–Crippen MR) is 121 cm³/mol. The van der Waals surface area contributed by atoms with Gasteiger partial charge in [-0.2, -0.15) is 0 Å². The molecule has 0 saturated carbocycles. The molecule has 3 aliphatic rings. The summed E-state index contributed by atoms with van der Waals surface area (Å²) in [6.07, 6.45) is 1.44. The molecule has 0 aromatic heterocycles. The van der Waals surface area contributed by atoms with Crippen molar-refractivity contribution >= 4 is 22.8 Å². The number of carbonyl (C=O) groups excluding carboxylic acids is 1. The molecule has 2 aliphatic heterocycles. The van der Waals surface area contributed by atoms with Crippen molar-refractivity contribution in [3.8, 4) is 0 Å². The van der Waals surface area contributed by atoms with Gasteiger partial charge in [0.2, 0.25) is 0 Å². The molecule has 0 spiro atoms. The van der Waals surface area contributed by atoms with Crippen molar-refractivity contribution in [3.05, 3.63) is 65.4 Å². The van der Waals surface area contributed by atoms with Crippen LogP contribution in [-0.2, 0) is 9.53 Å². The van der Waals surface area contributed by atoms with Crippen LogP contribution in [0.1, 0.15) is 38.3 Å². The third-order valence-electron chi connectivity index (χ3n) is 6.32. The Bertz CT molecular complexity index is 988. The maximum Gasteiger partial charge on any atom is 0.163 e. The zero-order valence-electron chi connectivity index (χ0n) is 17.7. The zero-order valence-corrected chi connectivity index (χ0v) is 17.7. The third kappa shape index (κ3) is 3.58. The predicted octanol–water partition coefficient (Wildman–Crippen LogP) is 4.75. The molecule has 1 aliphatic carbocycles. The number of benzene rings is 2. The molecule has 156 valence electrons. The van der Waals surface area contributed by atoms with Gasteiger partial charge in [0.1, 0.15) is 0 Å².